The van der Waals surface area contributed by atoms with E-state index < -0.39 is 5.60 Å². The maximum Gasteiger partial charge on any atom is 0.303 e. The highest BCUT2D eigenvalue weighted by Gasteiger charge is 2.39. The van der Waals surface area contributed by atoms with Crippen LogP contribution in [-0.2, 0) is 28.8 Å². The minimum absolute atomic E-state index is 0. The van der Waals surface area contributed by atoms with Crippen molar-refractivity contribution in [3.63, 3.8) is 0 Å². The van der Waals surface area contributed by atoms with E-state index in [4.69, 9.17) is 23.7 Å². The second-order valence-electron chi connectivity index (χ2n) is 8.87. The molecule has 0 amide bonds. The van der Waals surface area contributed by atoms with Crippen molar-refractivity contribution in [1.82, 2.24) is 4.90 Å². The van der Waals surface area contributed by atoms with Gasteiger partial charge in [0.25, 0.3) is 0 Å². The van der Waals surface area contributed by atoms with Crippen molar-refractivity contribution in [2.75, 3.05) is 48.6 Å². The molecule has 0 heterocycles. The van der Waals surface area contributed by atoms with E-state index in [0.717, 1.165) is 72.9 Å². The SMILES string of the molecule is COc1ccc(CCN(C)CCC2(OC(C)=O)CCc3c(OC)ccc(OC)c3C2)cc1OC.Cl. The number of hydrogen-bond donors (Lipinski definition) is 0. The number of benzene rings is 2. The Labute approximate surface area is 215 Å². The van der Waals surface area contributed by atoms with Gasteiger partial charge in [0, 0.05) is 44.0 Å². The van der Waals surface area contributed by atoms with E-state index in [-0.39, 0.29) is 18.4 Å². The summed E-state index contributed by atoms with van der Waals surface area (Å²) in [5.74, 6) is 2.89. The number of ether oxygens (including phenoxy) is 5. The fraction of sp³-hybridized carbons (Fsp3) is 0.519. The molecule has 2 aromatic rings. The van der Waals surface area contributed by atoms with Gasteiger partial charge in [-0.05, 0) is 56.1 Å². The molecule has 0 aromatic heterocycles. The molecule has 1 atom stereocenters. The van der Waals surface area contributed by atoms with Gasteiger partial charge >= 0.3 is 5.97 Å². The Hall–Kier alpha value is -2.64. The molecule has 0 bridgehead atoms. The Bertz CT molecular complexity index is 998. The lowest BCUT2D eigenvalue weighted by molar-refractivity contribution is -0.159. The van der Waals surface area contributed by atoms with Gasteiger partial charge in [-0.25, -0.2) is 0 Å². The number of carbonyl (C=O) groups excluding carboxylic acids is 1. The van der Waals surface area contributed by atoms with E-state index in [1.165, 1.54) is 12.5 Å². The zero-order valence-electron chi connectivity index (χ0n) is 21.6. The lowest BCUT2D eigenvalue weighted by Crippen LogP contribution is -2.43. The van der Waals surface area contributed by atoms with Crippen molar-refractivity contribution in [1.29, 1.82) is 0 Å². The second kappa shape index (κ2) is 12.9. The summed E-state index contributed by atoms with van der Waals surface area (Å²) >= 11 is 0. The van der Waals surface area contributed by atoms with E-state index >= 15 is 0 Å². The van der Waals surface area contributed by atoms with E-state index in [1.807, 2.05) is 24.3 Å². The van der Waals surface area contributed by atoms with Crippen molar-refractivity contribution in [3.8, 4) is 23.0 Å². The van der Waals surface area contributed by atoms with Crippen molar-refractivity contribution in [2.45, 2.75) is 44.6 Å². The molecule has 0 saturated carbocycles. The van der Waals surface area contributed by atoms with Crippen molar-refractivity contribution < 1.29 is 28.5 Å². The number of halogens is 1. The molecule has 1 aliphatic rings. The molecule has 3 rings (SSSR count). The highest BCUT2D eigenvalue weighted by Crippen LogP contribution is 2.42. The summed E-state index contributed by atoms with van der Waals surface area (Å²) in [5, 5.41) is 0. The predicted octanol–water partition coefficient (Wildman–Crippen LogP) is 4.50. The van der Waals surface area contributed by atoms with Crippen LogP contribution in [0.2, 0.25) is 0 Å². The van der Waals surface area contributed by atoms with Crippen molar-refractivity contribution >= 4 is 18.4 Å². The molecule has 2 aromatic carbocycles. The second-order valence-corrected chi connectivity index (χ2v) is 8.87. The van der Waals surface area contributed by atoms with Crippen LogP contribution >= 0.6 is 12.4 Å². The minimum Gasteiger partial charge on any atom is -0.496 e. The highest BCUT2D eigenvalue weighted by atomic mass is 35.5. The molecule has 194 valence electrons. The van der Waals surface area contributed by atoms with Gasteiger partial charge in [-0.2, -0.15) is 0 Å². The number of esters is 1. The van der Waals surface area contributed by atoms with Crippen molar-refractivity contribution in [2.24, 2.45) is 0 Å². The first-order chi connectivity index (χ1) is 16.3. The molecular weight excluding hydrogens is 470 g/mol. The molecule has 0 N–H and O–H groups in total. The van der Waals surface area contributed by atoms with E-state index in [9.17, 15) is 4.79 Å². The third-order valence-electron chi connectivity index (χ3n) is 6.65. The van der Waals surface area contributed by atoms with E-state index in [2.05, 4.69) is 18.0 Å². The summed E-state index contributed by atoms with van der Waals surface area (Å²) in [6.07, 6.45) is 3.77. The first-order valence-corrected chi connectivity index (χ1v) is 11.7. The lowest BCUT2D eigenvalue weighted by atomic mass is 9.77. The standard InChI is InChI=1S/C27H37NO6.ClH/c1-19(29)34-27(13-11-21-22(18-27)24(31-4)10-9-23(21)30-3)14-16-28(2)15-12-20-7-8-25(32-5)26(17-20)33-6;/h7-10,17H,11-16,18H2,1-6H3;1H. The summed E-state index contributed by atoms with van der Waals surface area (Å²) < 4.78 is 27.9. The number of likely N-dealkylation sites (N-methyl/N-ethyl adjacent to an activating group) is 1. The van der Waals surface area contributed by atoms with Gasteiger partial charge in [-0.15, -0.1) is 12.4 Å². The third kappa shape index (κ3) is 6.95. The maximum absolute atomic E-state index is 12.1. The zero-order chi connectivity index (χ0) is 24.7. The molecule has 0 saturated heterocycles. The molecular formula is C27H38ClNO6. The molecule has 1 aliphatic carbocycles. The number of nitrogens with zero attached hydrogens (tertiary/aromatic N) is 1. The molecule has 0 radical (unpaired) electrons. The Balaban J connectivity index is 0.00000432. The van der Waals surface area contributed by atoms with Crippen LogP contribution in [0, 0.1) is 0 Å². The van der Waals surface area contributed by atoms with Gasteiger partial charge in [0.15, 0.2) is 11.5 Å². The van der Waals surface area contributed by atoms with Crippen LogP contribution in [0.1, 0.15) is 36.5 Å². The van der Waals surface area contributed by atoms with Gasteiger partial charge in [0.05, 0.1) is 28.4 Å². The van der Waals surface area contributed by atoms with Crippen LogP contribution in [-0.4, -0.2) is 65.0 Å². The fourth-order valence-corrected chi connectivity index (χ4v) is 4.78. The van der Waals surface area contributed by atoms with E-state index in [1.54, 1.807) is 28.4 Å². The molecule has 8 heteroatoms. The number of hydrogen-bond acceptors (Lipinski definition) is 7. The molecule has 35 heavy (non-hydrogen) atoms. The normalized spacial score (nSPS) is 16.7. The zero-order valence-corrected chi connectivity index (χ0v) is 22.5. The monoisotopic (exact) mass is 507 g/mol. The first kappa shape index (κ1) is 28.6. The number of fused-ring (bicyclic) bond motifs is 1. The van der Waals surface area contributed by atoms with Crippen LogP contribution in [0.4, 0.5) is 0 Å². The molecule has 0 spiro atoms. The third-order valence-corrected chi connectivity index (χ3v) is 6.65. The molecule has 7 nitrogen and oxygen atoms in total. The highest BCUT2D eigenvalue weighted by molar-refractivity contribution is 5.85. The average Bonchev–Trinajstić information content (AvgIpc) is 2.84. The van der Waals surface area contributed by atoms with E-state index in [0.29, 0.717) is 6.42 Å². The largest absolute Gasteiger partial charge is 0.496 e. The minimum atomic E-state index is -0.559. The molecule has 1 unspecified atom stereocenters. The quantitative estimate of drug-likeness (QED) is 0.415. The fourth-order valence-electron chi connectivity index (χ4n) is 4.78. The van der Waals surface area contributed by atoms with Gasteiger partial charge in [0.1, 0.15) is 17.1 Å². The first-order valence-electron chi connectivity index (χ1n) is 11.7. The lowest BCUT2D eigenvalue weighted by Gasteiger charge is -2.39. The Kier molecular flexibility index (Phi) is 10.5. The summed E-state index contributed by atoms with van der Waals surface area (Å²) in [7, 11) is 8.74. The van der Waals surface area contributed by atoms with Crippen LogP contribution < -0.4 is 18.9 Å². The Morgan fingerprint density at radius 1 is 0.886 bits per heavy atom. The number of rotatable bonds is 11. The van der Waals surface area contributed by atoms with Gasteiger partial charge < -0.3 is 28.6 Å². The smallest absolute Gasteiger partial charge is 0.303 e. The van der Waals surface area contributed by atoms with Crippen LogP contribution in [0.5, 0.6) is 23.0 Å². The Morgan fingerprint density at radius 3 is 2.09 bits per heavy atom. The van der Waals surface area contributed by atoms with Gasteiger partial charge in [-0.3, -0.25) is 4.79 Å². The summed E-state index contributed by atoms with van der Waals surface area (Å²) in [6.45, 7) is 3.17. The number of methoxy groups -OCH3 is 4. The summed E-state index contributed by atoms with van der Waals surface area (Å²) in [5.41, 5.74) is 2.84. The van der Waals surface area contributed by atoms with Crippen LogP contribution in [0.3, 0.4) is 0 Å². The molecule has 0 fully saturated rings. The average molecular weight is 508 g/mol. The Morgan fingerprint density at radius 2 is 1.49 bits per heavy atom. The summed E-state index contributed by atoms with van der Waals surface area (Å²) in [6, 6.07) is 9.89. The summed E-state index contributed by atoms with van der Waals surface area (Å²) in [4.78, 5) is 14.3. The van der Waals surface area contributed by atoms with Gasteiger partial charge in [0.2, 0.25) is 0 Å². The predicted molar refractivity (Wildman–Crippen MR) is 139 cm³/mol. The molecule has 0 aliphatic heterocycles. The van der Waals surface area contributed by atoms with Gasteiger partial charge in [-0.1, -0.05) is 6.07 Å². The maximum atomic E-state index is 12.1. The van der Waals surface area contributed by atoms with Crippen LogP contribution in [0.15, 0.2) is 30.3 Å². The van der Waals surface area contributed by atoms with Crippen LogP contribution in [0.25, 0.3) is 0 Å². The topological polar surface area (TPSA) is 66.5 Å². The number of carbonyl (C=O) groups is 1. The van der Waals surface area contributed by atoms with Crippen molar-refractivity contribution in [3.05, 3.63) is 47.0 Å².